The van der Waals surface area contributed by atoms with Gasteiger partial charge in [-0.1, -0.05) is 72.3 Å². The number of hydrogen-bond acceptors (Lipinski definition) is 8. The number of benzene rings is 4. The van der Waals surface area contributed by atoms with Crippen molar-refractivity contribution in [1.82, 2.24) is 15.6 Å². The number of nitrogens with one attached hydrogen (secondary N) is 2. The first-order valence-corrected chi connectivity index (χ1v) is 18.8. The minimum absolute atomic E-state index is 0.00428. The molecule has 0 unspecified atom stereocenters. The standard InChI is InChI=1S/C45H47ClN4O6/c1-29-36(10-7-12-39(29)40-13-8-11-38(30(40)2)35-16-14-32(15-17-35)9-5-6-18-49-31(3)52)27-56-43-21-42(55-26-34-19-33(22-47)23-48-24-34)37(20-41(43)46)25-50-45(4,28-51)44(53)54/h7-8,10-17,19-21,23-24,50-51H,5-6,9,18,25-28H2,1-4H3,(H,49,52)(H,53,54)/t45-/m0/s1. The van der Waals surface area contributed by atoms with Crippen LogP contribution in [0.25, 0.3) is 22.3 Å². The lowest BCUT2D eigenvalue weighted by atomic mass is 9.89. The van der Waals surface area contributed by atoms with Crippen LogP contribution in [0.2, 0.25) is 5.02 Å². The van der Waals surface area contributed by atoms with E-state index in [1.54, 1.807) is 24.4 Å². The second-order valence-corrected chi connectivity index (χ2v) is 14.4. The van der Waals surface area contributed by atoms with E-state index in [0.717, 1.165) is 52.6 Å². The molecule has 5 rings (SSSR count). The number of unbranched alkanes of at least 4 members (excludes halogenated alkanes) is 1. The van der Waals surface area contributed by atoms with Crippen LogP contribution in [0.4, 0.5) is 0 Å². The molecule has 56 heavy (non-hydrogen) atoms. The highest BCUT2D eigenvalue weighted by Crippen LogP contribution is 2.37. The van der Waals surface area contributed by atoms with Crippen LogP contribution in [-0.2, 0) is 35.8 Å². The number of amides is 1. The van der Waals surface area contributed by atoms with Crippen molar-refractivity contribution in [3.63, 3.8) is 0 Å². The van der Waals surface area contributed by atoms with Gasteiger partial charge in [-0.15, -0.1) is 0 Å². The molecule has 0 saturated carbocycles. The van der Waals surface area contributed by atoms with Crippen LogP contribution >= 0.6 is 11.6 Å². The van der Waals surface area contributed by atoms with E-state index in [1.807, 2.05) is 12.1 Å². The molecule has 0 spiro atoms. The van der Waals surface area contributed by atoms with Crippen molar-refractivity contribution in [2.75, 3.05) is 13.2 Å². The number of carboxylic acids is 1. The molecule has 290 valence electrons. The van der Waals surface area contributed by atoms with Crippen molar-refractivity contribution in [2.24, 2.45) is 0 Å². The van der Waals surface area contributed by atoms with Crippen molar-refractivity contribution < 1.29 is 29.3 Å². The molecule has 0 fully saturated rings. The number of carbonyl (C=O) groups excluding carboxylic acids is 1. The third-order valence-corrected chi connectivity index (χ3v) is 10.2. The molecule has 0 saturated heterocycles. The molecule has 0 aliphatic carbocycles. The van der Waals surface area contributed by atoms with Crippen molar-refractivity contribution in [2.45, 2.75) is 72.3 Å². The van der Waals surface area contributed by atoms with Crippen LogP contribution in [-0.4, -0.2) is 45.8 Å². The van der Waals surface area contributed by atoms with Gasteiger partial charge in [-0.25, -0.2) is 0 Å². The smallest absolute Gasteiger partial charge is 0.326 e. The number of aliphatic hydroxyl groups excluding tert-OH is 1. The Morgan fingerprint density at radius 1 is 0.857 bits per heavy atom. The fraction of sp³-hybridized carbons (Fsp3) is 0.289. The van der Waals surface area contributed by atoms with Gasteiger partial charge < -0.3 is 25.0 Å². The van der Waals surface area contributed by atoms with Gasteiger partial charge in [-0.3, -0.25) is 19.9 Å². The Hall–Kier alpha value is -5.73. The molecule has 1 amide bonds. The monoisotopic (exact) mass is 774 g/mol. The van der Waals surface area contributed by atoms with Crippen LogP contribution in [0.15, 0.2) is 91.3 Å². The molecular formula is C45H47ClN4O6. The molecule has 4 N–H and O–H groups in total. The number of hydrogen-bond donors (Lipinski definition) is 4. The second-order valence-electron chi connectivity index (χ2n) is 14.0. The molecule has 5 aromatic rings. The number of aromatic nitrogens is 1. The summed E-state index contributed by atoms with van der Waals surface area (Å²) in [5, 5.41) is 34.8. The summed E-state index contributed by atoms with van der Waals surface area (Å²) in [5.74, 6) is -0.441. The highest BCUT2D eigenvalue weighted by atomic mass is 35.5. The first kappa shape index (κ1) is 41.4. The summed E-state index contributed by atoms with van der Waals surface area (Å²) >= 11 is 6.76. The number of aryl methyl sites for hydroxylation is 1. The number of nitriles is 1. The van der Waals surface area contributed by atoms with Crippen molar-refractivity contribution in [3.8, 4) is 39.8 Å². The van der Waals surface area contributed by atoms with Gasteiger partial charge in [0.2, 0.25) is 5.91 Å². The van der Waals surface area contributed by atoms with Gasteiger partial charge in [-0.2, -0.15) is 5.26 Å². The summed E-state index contributed by atoms with van der Waals surface area (Å²) < 4.78 is 12.5. The minimum atomic E-state index is -1.59. The predicted octanol–water partition coefficient (Wildman–Crippen LogP) is 8.10. The Morgan fingerprint density at radius 3 is 2.25 bits per heavy atom. The summed E-state index contributed by atoms with van der Waals surface area (Å²) in [7, 11) is 0. The summed E-state index contributed by atoms with van der Waals surface area (Å²) in [5.41, 5.74) is 9.02. The molecule has 0 radical (unpaired) electrons. The summed E-state index contributed by atoms with van der Waals surface area (Å²) in [6.07, 6.45) is 5.97. The van der Waals surface area contributed by atoms with Gasteiger partial charge in [0.1, 0.15) is 36.3 Å². The Balaban J connectivity index is 1.35. The first-order valence-electron chi connectivity index (χ1n) is 18.5. The second kappa shape index (κ2) is 19.2. The largest absolute Gasteiger partial charge is 0.488 e. The van der Waals surface area contributed by atoms with E-state index in [-0.39, 0.29) is 25.7 Å². The zero-order chi connectivity index (χ0) is 40.2. The summed E-state index contributed by atoms with van der Waals surface area (Å²) in [6, 6.07) is 28.3. The van der Waals surface area contributed by atoms with Gasteiger partial charge in [0.05, 0.1) is 17.2 Å². The molecule has 0 aliphatic heterocycles. The molecule has 4 aromatic carbocycles. The fourth-order valence-corrected chi connectivity index (χ4v) is 6.57. The number of ether oxygens (including phenoxy) is 2. The third kappa shape index (κ3) is 10.5. The first-order chi connectivity index (χ1) is 26.9. The van der Waals surface area contributed by atoms with Crippen LogP contribution in [0, 0.1) is 25.2 Å². The average molecular weight is 775 g/mol. The van der Waals surface area contributed by atoms with Gasteiger partial charge in [-0.05, 0) is 96.7 Å². The van der Waals surface area contributed by atoms with Gasteiger partial charge in [0, 0.05) is 49.6 Å². The Bertz CT molecular complexity index is 2220. The maximum absolute atomic E-state index is 11.8. The van der Waals surface area contributed by atoms with Crippen LogP contribution in [0.3, 0.4) is 0 Å². The average Bonchev–Trinajstić information content (AvgIpc) is 3.19. The molecule has 10 nitrogen and oxygen atoms in total. The van der Waals surface area contributed by atoms with Crippen LogP contribution in [0.5, 0.6) is 11.5 Å². The lowest BCUT2D eigenvalue weighted by molar-refractivity contribution is -0.146. The number of nitrogens with zero attached hydrogens (tertiary/aromatic N) is 2. The number of rotatable bonds is 18. The topological polar surface area (TPSA) is 154 Å². The highest BCUT2D eigenvalue weighted by Gasteiger charge is 2.32. The maximum atomic E-state index is 11.8. The predicted molar refractivity (Wildman–Crippen MR) is 217 cm³/mol. The van der Waals surface area contributed by atoms with Crippen molar-refractivity contribution >= 4 is 23.5 Å². The van der Waals surface area contributed by atoms with E-state index in [1.165, 1.54) is 31.2 Å². The number of carboxylic acid groups (broad SMARTS) is 1. The van der Waals surface area contributed by atoms with Crippen LogP contribution in [0.1, 0.15) is 65.6 Å². The van der Waals surface area contributed by atoms with E-state index in [9.17, 15) is 25.1 Å². The number of halogens is 1. The molecule has 1 aromatic heterocycles. The Morgan fingerprint density at radius 2 is 1.55 bits per heavy atom. The Kier molecular flexibility index (Phi) is 14.2. The van der Waals surface area contributed by atoms with E-state index < -0.39 is 18.1 Å². The quantitative estimate of drug-likeness (QED) is 0.0647. The fourth-order valence-electron chi connectivity index (χ4n) is 6.33. The number of aliphatic hydroxyl groups is 1. The van der Waals surface area contributed by atoms with Crippen LogP contribution < -0.4 is 20.1 Å². The zero-order valence-electron chi connectivity index (χ0n) is 32.1. The number of pyridine rings is 1. The normalized spacial score (nSPS) is 12.0. The SMILES string of the molecule is CC(=O)NCCCCc1ccc(-c2cccc(-c3cccc(COc4cc(OCc5cncc(C#N)c5)c(CN[C@@](C)(CO)C(=O)O)cc4Cl)c3C)c2C)cc1. The molecule has 0 bridgehead atoms. The molecule has 1 heterocycles. The number of carbonyl (C=O) groups is 2. The van der Waals surface area contributed by atoms with E-state index in [4.69, 9.17) is 21.1 Å². The molecular weight excluding hydrogens is 728 g/mol. The maximum Gasteiger partial charge on any atom is 0.326 e. The van der Waals surface area contributed by atoms with E-state index in [0.29, 0.717) is 39.8 Å². The molecule has 0 aliphatic rings. The van der Waals surface area contributed by atoms with Gasteiger partial charge in [0.15, 0.2) is 0 Å². The Labute approximate surface area is 333 Å². The van der Waals surface area contributed by atoms with Crippen molar-refractivity contribution in [3.05, 3.63) is 135 Å². The van der Waals surface area contributed by atoms with Gasteiger partial charge >= 0.3 is 5.97 Å². The highest BCUT2D eigenvalue weighted by molar-refractivity contribution is 6.32. The summed E-state index contributed by atoms with van der Waals surface area (Å²) in [4.78, 5) is 27.1. The van der Waals surface area contributed by atoms with Gasteiger partial charge in [0.25, 0.3) is 0 Å². The third-order valence-electron chi connectivity index (χ3n) is 9.87. The zero-order valence-corrected chi connectivity index (χ0v) is 32.9. The lowest BCUT2D eigenvalue weighted by Gasteiger charge is -2.25. The lowest BCUT2D eigenvalue weighted by Crippen LogP contribution is -2.52. The molecule has 1 atom stereocenters. The minimum Gasteiger partial charge on any atom is -0.488 e. The number of aliphatic carboxylic acids is 1. The van der Waals surface area contributed by atoms with E-state index >= 15 is 0 Å². The molecule has 11 heteroatoms. The van der Waals surface area contributed by atoms with E-state index in [2.05, 4.69) is 84.1 Å². The summed E-state index contributed by atoms with van der Waals surface area (Å²) in [6.45, 7) is 7.56. The van der Waals surface area contributed by atoms with Crippen molar-refractivity contribution in [1.29, 1.82) is 5.26 Å².